The highest BCUT2D eigenvalue weighted by Gasteiger charge is 2.32. The summed E-state index contributed by atoms with van der Waals surface area (Å²) in [5.41, 5.74) is 0.966. The molecule has 0 saturated heterocycles. The van der Waals surface area contributed by atoms with Crippen LogP contribution in [0.4, 0.5) is 5.69 Å². The number of nitrogens with one attached hydrogen (secondary N) is 1. The van der Waals surface area contributed by atoms with E-state index in [9.17, 15) is 9.59 Å². The Morgan fingerprint density at radius 3 is 2.43 bits per heavy atom. The van der Waals surface area contributed by atoms with Gasteiger partial charge >= 0.3 is 5.97 Å². The summed E-state index contributed by atoms with van der Waals surface area (Å²) >= 11 is 0. The first-order valence-corrected chi connectivity index (χ1v) is 7.14. The van der Waals surface area contributed by atoms with Crippen LogP contribution in [0, 0.1) is 6.92 Å². The van der Waals surface area contributed by atoms with E-state index in [1.807, 2.05) is 52.0 Å². The number of amides is 1. The zero-order valence-electron chi connectivity index (χ0n) is 13.1. The van der Waals surface area contributed by atoms with E-state index in [0.717, 1.165) is 11.3 Å². The van der Waals surface area contributed by atoms with Gasteiger partial charge in [0, 0.05) is 12.2 Å². The van der Waals surface area contributed by atoms with Gasteiger partial charge in [-0.2, -0.15) is 0 Å². The molecule has 0 bridgehead atoms. The summed E-state index contributed by atoms with van der Waals surface area (Å²) in [6.07, 6.45) is -0.0811. The molecular formula is C16H24N2O3. The number of para-hydroxylation sites is 1. The molecule has 1 aromatic carbocycles. The van der Waals surface area contributed by atoms with Crippen molar-refractivity contribution in [3.63, 3.8) is 0 Å². The van der Waals surface area contributed by atoms with Gasteiger partial charge in [-0.1, -0.05) is 25.1 Å². The minimum atomic E-state index is -0.914. The summed E-state index contributed by atoms with van der Waals surface area (Å²) < 4.78 is 0. The molecule has 21 heavy (non-hydrogen) atoms. The number of likely N-dealkylation sites (N-methyl/N-ethyl adjacent to an activating group) is 1. The third kappa shape index (κ3) is 4.56. The van der Waals surface area contributed by atoms with Gasteiger partial charge in [0.15, 0.2) is 0 Å². The van der Waals surface area contributed by atoms with Crippen LogP contribution in [-0.4, -0.2) is 35.6 Å². The van der Waals surface area contributed by atoms with E-state index in [1.165, 1.54) is 0 Å². The van der Waals surface area contributed by atoms with Gasteiger partial charge in [0.2, 0.25) is 5.91 Å². The fourth-order valence-electron chi connectivity index (χ4n) is 2.26. The van der Waals surface area contributed by atoms with Crippen molar-refractivity contribution in [2.75, 3.05) is 18.0 Å². The van der Waals surface area contributed by atoms with Crippen LogP contribution in [0.25, 0.3) is 0 Å². The second-order valence-corrected chi connectivity index (χ2v) is 5.54. The second-order valence-electron chi connectivity index (χ2n) is 5.54. The molecule has 1 aromatic rings. The summed E-state index contributed by atoms with van der Waals surface area (Å²) in [6, 6.07) is 7.51. The summed E-state index contributed by atoms with van der Waals surface area (Å²) in [7, 11) is 0. The number of nitrogens with zero attached hydrogens (tertiary/aromatic N) is 1. The summed E-state index contributed by atoms with van der Waals surface area (Å²) in [4.78, 5) is 25.2. The van der Waals surface area contributed by atoms with Crippen LogP contribution in [0.1, 0.15) is 32.8 Å². The Balaban J connectivity index is 3.11. The van der Waals surface area contributed by atoms with Crippen LogP contribution >= 0.6 is 0 Å². The number of carboxylic acids is 1. The minimum Gasteiger partial charge on any atom is -0.481 e. The zero-order chi connectivity index (χ0) is 16.0. The molecular weight excluding hydrogens is 268 g/mol. The Kier molecular flexibility index (Phi) is 5.90. The normalized spacial score (nSPS) is 11.2. The van der Waals surface area contributed by atoms with Crippen molar-refractivity contribution in [2.45, 2.75) is 39.7 Å². The zero-order valence-corrected chi connectivity index (χ0v) is 13.1. The predicted molar refractivity (Wildman–Crippen MR) is 83.5 cm³/mol. The van der Waals surface area contributed by atoms with Crippen molar-refractivity contribution >= 4 is 17.6 Å². The van der Waals surface area contributed by atoms with Gasteiger partial charge in [-0.3, -0.25) is 9.59 Å². The fourth-order valence-corrected chi connectivity index (χ4v) is 2.26. The van der Waals surface area contributed by atoms with E-state index >= 15 is 0 Å². The number of benzene rings is 1. The molecule has 1 rings (SSSR count). The van der Waals surface area contributed by atoms with Crippen LogP contribution in [0.5, 0.6) is 0 Å². The summed E-state index contributed by atoms with van der Waals surface area (Å²) in [6.45, 7) is 8.30. The second kappa shape index (κ2) is 7.22. The molecule has 0 aliphatic heterocycles. The lowest BCUT2D eigenvalue weighted by Crippen LogP contribution is -2.54. The first kappa shape index (κ1) is 17.2. The molecule has 0 aliphatic carbocycles. The Morgan fingerprint density at radius 2 is 1.90 bits per heavy atom. The lowest BCUT2D eigenvalue weighted by Gasteiger charge is -2.33. The quantitative estimate of drug-likeness (QED) is 0.808. The Labute approximate surface area is 126 Å². The predicted octanol–water partition coefficient (Wildman–Crippen LogP) is 2.19. The molecule has 0 fully saturated rings. The van der Waals surface area contributed by atoms with Gasteiger partial charge in [-0.05, 0) is 38.9 Å². The maximum atomic E-state index is 12.8. The van der Waals surface area contributed by atoms with Crippen molar-refractivity contribution in [1.82, 2.24) is 5.32 Å². The number of hydrogen-bond acceptors (Lipinski definition) is 3. The van der Waals surface area contributed by atoms with Crippen molar-refractivity contribution in [2.24, 2.45) is 0 Å². The van der Waals surface area contributed by atoms with Crippen LogP contribution in [0.2, 0.25) is 0 Å². The highest BCUT2D eigenvalue weighted by Crippen LogP contribution is 2.23. The minimum absolute atomic E-state index is 0.0811. The molecule has 1 amide bonds. The lowest BCUT2D eigenvalue weighted by atomic mass is 10.0. The number of aryl methyl sites for hydroxylation is 1. The molecule has 0 aromatic heterocycles. The summed E-state index contributed by atoms with van der Waals surface area (Å²) in [5, 5.41) is 12.1. The van der Waals surface area contributed by atoms with Crippen LogP contribution in [0.3, 0.4) is 0 Å². The van der Waals surface area contributed by atoms with Crippen molar-refractivity contribution in [1.29, 1.82) is 0 Å². The number of aliphatic carboxylic acids is 1. The number of carbonyl (C=O) groups is 2. The monoisotopic (exact) mass is 292 g/mol. The number of rotatable bonds is 7. The fraction of sp³-hybridized carbons (Fsp3) is 0.500. The Morgan fingerprint density at radius 1 is 1.29 bits per heavy atom. The molecule has 0 heterocycles. The number of hydrogen-bond donors (Lipinski definition) is 2. The van der Waals surface area contributed by atoms with E-state index in [0.29, 0.717) is 6.54 Å². The Bertz CT molecular complexity index is 512. The first-order valence-electron chi connectivity index (χ1n) is 7.14. The maximum absolute atomic E-state index is 12.8. The highest BCUT2D eigenvalue weighted by molar-refractivity contribution is 6.00. The van der Waals surface area contributed by atoms with Gasteiger partial charge in [-0.25, -0.2) is 0 Å². The molecule has 0 aliphatic rings. The number of anilines is 1. The topological polar surface area (TPSA) is 69.6 Å². The molecule has 0 unspecified atom stereocenters. The van der Waals surface area contributed by atoms with Crippen molar-refractivity contribution in [3.8, 4) is 0 Å². The standard InChI is InChI=1S/C16H24N2O3/c1-5-17-16(3,4)15(21)18(11-10-14(19)20)13-9-7-6-8-12(13)2/h6-9,17H,5,10-11H2,1-4H3,(H,19,20). The van der Waals surface area contributed by atoms with Crippen molar-refractivity contribution in [3.05, 3.63) is 29.8 Å². The molecule has 5 heteroatoms. The number of carboxylic acid groups (broad SMARTS) is 1. The summed E-state index contributed by atoms with van der Waals surface area (Å²) in [5.74, 6) is -1.04. The van der Waals surface area contributed by atoms with Crippen molar-refractivity contribution < 1.29 is 14.7 Å². The maximum Gasteiger partial charge on any atom is 0.305 e. The highest BCUT2D eigenvalue weighted by atomic mass is 16.4. The van der Waals surface area contributed by atoms with E-state index in [-0.39, 0.29) is 18.9 Å². The van der Waals surface area contributed by atoms with E-state index in [1.54, 1.807) is 4.90 Å². The third-order valence-electron chi connectivity index (χ3n) is 3.35. The largest absolute Gasteiger partial charge is 0.481 e. The van der Waals surface area contributed by atoms with Gasteiger partial charge in [-0.15, -0.1) is 0 Å². The smallest absolute Gasteiger partial charge is 0.305 e. The average Bonchev–Trinajstić information content (AvgIpc) is 2.40. The van der Waals surface area contributed by atoms with Gasteiger partial charge in [0.1, 0.15) is 0 Å². The van der Waals surface area contributed by atoms with Gasteiger partial charge in [0.25, 0.3) is 0 Å². The van der Waals surface area contributed by atoms with E-state index < -0.39 is 11.5 Å². The third-order valence-corrected chi connectivity index (χ3v) is 3.35. The van der Waals surface area contributed by atoms with Crippen LogP contribution < -0.4 is 10.2 Å². The van der Waals surface area contributed by atoms with E-state index in [4.69, 9.17) is 5.11 Å². The molecule has 0 spiro atoms. The molecule has 116 valence electrons. The first-order chi connectivity index (χ1) is 9.79. The lowest BCUT2D eigenvalue weighted by molar-refractivity contribution is -0.136. The molecule has 0 saturated carbocycles. The SMILES string of the molecule is CCNC(C)(C)C(=O)N(CCC(=O)O)c1ccccc1C. The molecule has 0 radical (unpaired) electrons. The van der Waals surface area contributed by atoms with Crippen LogP contribution in [-0.2, 0) is 9.59 Å². The average molecular weight is 292 g/mol. The molecule has 0 atom stereocenters. The molecule has 5 nitrogen and oxygen atoms in total. The number of carbonyl (C=O) groups excluding carboxylic acids is 1. The molecule has 2 N–H and O–H groups in total. The van der Waals surface area contributed by atoms with Gasteiger partial charge in [0.05, 0.1) is 12.0 Å². The van der Waals surface area contributed by atoms with E-state index in [2.05, 4.69) is 5.32 Å². The van der Waals surface area contributed by atoms with Gasteiger partial charge < -0.3 is 15.3 Å². The van der Waals surface area contributed by atoms with Crippen LogP contribution in [0.15, 0.2) is 24.3 Å². The Hall–Kier alpha value is -1.88.